The van der Waals surface area contributed by atoms with Crippen molar-refractivity contribution in [1.29, 1.82) is 0 Å². The molecule has 0 bridgehead atoms. The van der Waals surface area contributed by atoms with Crippen molar-refractivity contribution in [2.24, 2.45) is 0 Å². The second-order valence-corrected chi connectivity index (χ2v) is 6.86. The SMILES string of the molecule is C[C@H]1CCN(C(=O)CCCCN2CCOCC2)c2c(O)cccc21. The number of hydrogen-bond donors (Lipinski definition) is 1. The highest BCUT2D eigenvalue weighted by Crippen LogP contribution is 2.41. The number of carbonyl (C=O) groups excluding carboxylic acids is 1. The molecule has 0 saturated carbocycles. The molecule has 1 aromatic rings. The quantitative estimate of drug-likeness (QED) is 0.843. The lowest BCUT2D eigenvalue weighted by Gasteiger charge is -2.33. The maximum Gasteiger partial charge on any atom is 0.227 e. The zero-order valence-electron chi connectivity index (χ0n) is 14.5. The Kier molecular flexibility index (Phi) is 5.74. The van der Waals surface area contributed by atoms with Crippen LogP contribution in [-0.2, 0) is 9.53 Å². The molecule has 1 saturated heterocycles. The lowest BCUT2D eigenvalue weighted by Crippen LogP contribution is -2.37. The zero-order chi connectivity index (χ0) is 16.9. The molecule has 0 radical (unpaired) electrons. The number of amides is 1. The van der Waals surface area contributed by atoms with E-state index in [1.807, 2.05) is 12.1 Å². The summed E-state index contributed by atoms with van der Waals surface area (Å²) in [7, 11) is 0. The van der Waals surface area contributed by atoms with Crippen LogP contribution in [0.5, 0.6) is 5.75 Å². The predicted octanol–water partition coefficient (Wildman–Crippen LogP) is 2.73. The van der Waals surface area contributed by atoms with Gasteiger partial charge in [-0.15, -0.1) is 0 Å². The standard InChI is InChI=1S/C19H28N2O3/c1-15-8-10-21(19-16(15)5-4-6-17(19)22)18(23)7-2-3-9-20-11-13-24-14-12-20/h4-6,15,22H,2-3,7-14H2,1H3/t15-/m0/s1. The molecule has 5 nitrogen and oxygen atoms in total. The highest BCUT2D eigenvalue weighted by molar-refractivity contribution is 5.96. The molecule has 2 aliphatic rings. The fourth-order valence-electron chi connectivity index (χ4n) is 3.65. The van der Waals surface area contributed by atoms with Crippen molar-refractivity contribution in [3.63, 3.8) is 0 Å². The van der Waals surface area contributed by atoms with E-state index in [-0.39, 0.29) is 11.7 Å². The van der Waals surface area contributed by atoms with E-state index in [1.54, 1.807) is 11.0 Å². The Morgan fingerprint density at radius 3 is 2.83 bits per heavy atom. The van der Waals surface area contributed by atoms with Crippen LogP contribution in [0.15, 0.2) is 18.2 Å². The Morgan fingerprint density at radius 2 is 2.04 bits per heavy atom. The number of phenolic OH excluding ortho intramolecular Hbond substituents is 1. The number of nitrogens with zero attached hydrogens (tertiary/aromatic N) is 2. The van der Waals surface area contributed by atoms with Crippen LogP contribution in [0.2, 0.25) is 0 Å². The molecule has 2 aliphatic heterocycles. The second kappa shape index (κ2) is 7.99. The first-order chi connectivity index (χ1) is 11.7. The topological polar surface area (TPSA) is 53.0 Å². The van der Waals surface area contributed by atoms with Crippen LogP contribution < -0.4 is 4.90 Å². The lowest BCUT2D eigenvalue weighted by atomic mass is 9.91. The number of morpholine rings is 1. The molecule has 1 aromatic carbocycles. The van der Waals surface area contributed by atoms with Gasteiger partial charge in [0, 0.05) is 26.1 Å². The van der Waals surface area contributed by atoms with Crippen LogP contribution in [0.1, 0.15) is 44.1 Å². The number of para-hydroxylation sites is 1. The number of aromatic hydroxyl groups is 1. The van der Waals surface area contributed by atoms with Gasteiger partial charge in [-0.2, -0.15) is 0 Å². The number of anilines is 1. The first kappa shape index (κ1) is 17.2. The van der Waals surface area contributed by atoms with Gasteiger partial charge in [-0.05, 0) is 43.4 Å². The van der Waals surface area contributed by atoms with Crippen LogP contribution in [0.4, 0.5) is 5.69 Å². The fourth-order valence-corrected chi connectivity index (χ4v) is 3.65. The van der Waals surface area contributed by atoms with E-state index in [1.165, 1.54) is 0 Å². The average molecular weight is 332 g/mol. The number of benzene rings is 1. The normalized spacial score (nSPS) is 21.5. The van der Waals surface area contributed by atoms with Crippen molar-refractivity contribution >= 4 is 11.6 Å². The Labute approximate surface area is 144 Å². The van der Waals surface area contributed by atoms with E-state index in [4.69, 9.17) is 4.74 Å². The van der Waals surface area contributed by atoms with Gasteiger partial charge in [-0.3, -0.25) is 9.69 Å². The van der Waals surface area contributed by atoms with Gasteiger partial charge in [0.15, 0.2) is 0 Å². The van der Waals surface area contributed by atoms with Crippen molar-refractivity contribution in [1.82, 2.24) is 4.90 Å². The van der Waals surface area contributed by atoms with E-state index in [2.05, 4.69) is 11.8 Å². The molecular weight excluding hydrogens is 304 g/mol. The molecule has 1 atom stereocenters. The number of ether oxygens (including phenoxy) is 1. The summed E-state index contributed by atoms with van der Waals surface area (Å²) in [5, 5.41) is 10.2. The largest absolute Gasteiger partial charge is 0.506 e. The number of unbranched alkanes of at least 4 members (excludes halogenated alkanes) is 1. The van der Waals surface area contributed by atoms with Crippen molar-refractivity contribution in [2.75, 3.05) is 44.3 Å². The first-order valence-electron chi connectivity index (χ1n) is 9.09. The van der Waals surface area contributed by atoms with Crippen molar-refractivity contribution in [3.8, 4) is 5.75 Å². The van der Waals surface area contributed by atoms with Gasteiger partial charge in [0.1, 0.15) is 5.75 Å². The number of hydrogen-bond acceptors (Lipinski definition) is 4. The molecule has 0 aliphatic carbocycles. The Balaban J connectivity index is 1.53. The summed E-state index contributed by atoms with van der Waals surface area (Å²) in [6.45, 7) is 7.53. The maximum absolute atomic E-state index is 12.7. The molecular formula is C19H28N2O3. The molecule has 0 unspecified atom stereocenters. The Morgan fingerprint density at radius 1 is 1.25 bits per heavy atom. The van der Waals surface area contributed by atoms with Crippen LogP contribution in [0.3, 0.4) is 0 Å². The van der Waals surface area contributed by atoms with E-state index < -0.39 is 0 Å². The zero-order valence-corrected chi connectivity index (χ0v) is 14.5. The molecule has 1 amide bonds. The number of carbonyl (C=O) groups is 1. The highest BCUT2D eigenvalue weighted by Gasteiger charge is 2.28. The van der Waals surface area contributed by atoms with Crippen molar-refractivity contribution < 1.29 is 14.6 Å². The van der Waals surface area contributed by atoms with Gasteiger partial charge in [-0.25, -0.2) is 0 Å². The maximum atomic E-state index is 12.7. The first-order valence-corrected chi connectivity index (χ1v) is 9.09. The minimum atomic E-state index is 0.131. The van der Waals surface area contributed by atoms with Crippen LogP contribution in [0, 0.1) is 0 Å². The number of phenols is 1. The minimum Gasteiger partial charge on any atom is -0.506 e. The molecule has 132 valence electrons. The third-order valence-corrected chi connectivity index (χ3v) is 5.15. The van der Waals surface area contributed by atoms with Gasteiger partial charge in [0.2, 0.25) is 5.91 Å². The monoisotopic (exact) mass is 332 g/mol. The van der Waals surface area contributed by atoms with Crippen molar-refractivity contribution in [3.05, 3.63) is 23.8 Å². The van der Waals surface area contributed by atoms with Crippen LogP contribution >= 0.6 is 0 Å². The Hall–Kier alpha value is -1.59. The number of fused-ring (bicyclic) bond motifs is 1. The lowest BCUT2D eigenvalue weighted by molar-refractivity contribution is -0.118. The molecule has 0 aromatic heterocycles. The molecule has 0 spiro atoms. The molecule has 24 heavy (non-hydrogen) atoms. The van der Waals surface area contributed by atoms with Gasteiger partial charge >= 0.3 is 0 Å². The molecule has 3 rings (SSSR count). The summed E-state index contributed by atoms with van der Waals surface area (Å²) in [6.07, 6.45) is 3.43. The third kappa shape index (κ3) is 3.90. The molecule has 1 N–H and O–H groups in total. The fraction of sp³-hybridized carbons (Fsp3) is 0.632. The molecule has 5 heteroatoms. The van der Waals surface area contributed by atoms with E-state index in [0.29, 0.717) is 18.9 Å². The van der Waals surface area contributed by atoms with Crippen LogP contribution in [-0.4, -0.2) is 55.3 Å². The average Bonchev–Trinajstić information content (AvgIpc) is 2.60. The third-order valence-electron chi connectivity index (χ3n) is 5.15. The summed E-state index contributed by atoms with van der Waals surface area (Å²) in [5.74, 6) is 0.741. The van der Waals surface area contributed by atoms with Gasteiger partial charge in [0.05, 0.1) is 18.9 Å². The van der Waals surface area contributed by atoms with Gasteiger partial charge in [0.25, 0.3) is 0 Å². The second-order valence-electron chi connectivity index (χ2n) is 6.86. The Bertz CT molecular complexity index is 570. The highest BCUT2D eigenvalue weighted by atomic mass is 16.5. The molecule has 1 fully saturated rings. The van der Waals surface area contributed by atoms with E-state index >= 15 is 0 Å². The smallest absolute Gasteiger partial charge is 0.227 e. The molecule has 2 heterocycles. The summed E-state index contributed by atoms with van der Waals surface area (Å²) >= 11 is 0. The minimum absolute atomic E-state index is 0.131. The van der Waals surface area contributed by atoms with Gasteiger partial charge in [-0.1, -0.05) is 19.1 Å². The summed E-state index contributed by atoms with van der Waals surface area (Å²) in [5.41, 5.74) is 1.82. The van der Waals surface area contributed by atoms with Gasteiger partial charge < -0.3 is 14.7 Å². The van der Waals surface area contributed by atoms with Crippen LogP contribution in [0.25, 0.3) is 0 Å². The number of rotatable bonds is 5. The van der Waals surface area contributed by atoms with E-state index in [0.717, 1.165) is 63.4 Å². The summed E-state index contributed by atoms with van der Waals surface area (Å²) in [4.78, 5) is 16.8. The van der Waals surface area contributed by atoms with E-state index in [9.17, 15) is 9.90 Å². The summed E-state index contributed by atoms with van der Waals surface area (Å²) < 4.78 is 5.35. The summed E-state index contributed by atoms with van der Waals surface area (Å²) in [6, 6.07) is 5.56. The van der Waals surface area contributed by atoms with Crippen molar-refractivity contribution in [2.45, 2.75) is 38.5 Å². The predicted molar refractivity (Wildman–Crippen MR) is 94.6 cm³/mol.